The number of aromatic nitrogens is 2. The average molecular weight is 408 g/mol. The van der Waals surface area contributed by atoms with Gasteiger partial charge in [0.05, 0.1) is 24.6 Å². The van der Waals surface area contributed by atoms with E-state index in [1.807, 2.05) is 0 Å². The van der Waals surface area contributed by atoms with Crippen molar-refractivity contribution in [2.45, 2.75) is 25.2 Å². The number of ether oxygens (including phenoxy) is 1. The number of morpholine rings is 1. The van der Waals surface area contributed by atoms with Gasteiger partial charge in [-0.3, -0.25) is 5.10 Å². The minimum atomic E-state index is -3.71. The van der Waals surface area contributed by atoms with Gasteiger partial charge < -0.3 is 4.74 Å². The maximum absolute atomic E-state index is 13.0. The lowest BCUT2D eigenvalue weighted by molar-refractivity contribution is 0.0702. The fraction of sp³-hybridized carbons (Fsp3) is 0.786. The molecule has 1 aromatic heterocycles. The van der Waals surface area contributed by atoms with Gasteiger partial charge in [-0.2, -0.15) is 26.4 Å². The normalized spacial score (nSPS) is 22.4. The number of H-pyrrole nitrogens is 1. The van der Waals surface area contributed by atoms with E-state index in [2.05, 4.69) is 10.2 Å². The van der Waals surface area contributed by atoms with Gasteiger partial charge in [-0.25, -0.2) is 8.42 Å². The second-order valence-electron chi connectivity index (χ2n) is 6.44. The molecule has 0 unspecified atom stereocenters. The van der Waals surface area contributed by atoms with E-state index in [0.717, 1.165) is 0 Å². The number of aromatic amines is 1. The Labute approximate surface area is 154 Å². The zero-order chi connectivity index (χ0) is 18.9. The minimum Gasteiger partial charge on any atom is -0.379 e. The van der Waals surface area contributed by atoms with Gasteiger partial charge in [-0.15, -0.1) is 0 Å². The van der Waals surface area contributed by atoms with Crippen LogP contribution in [0.15, 0.2) is 4.90 Å². The molecule has 0 aliphatic carbocycles. The molecule has 2 aliphatic rings. The summed E-state index contributed by atoms with van der Waals surface area (Å²) in [7, 11) is -7.31. The Morgan fingerprint density at radius 3 is 2.08 bits per heavy atom. The molecule has 2 saturated heterocycles. The molecule has 0 spiro atoms. The van der Waals surface area contributed by atoms with Gasteiger partial charge in [-0.05, 0) is 20.3 Å². The Balaban J connectivity index is 1.76. The Kier molecular flexibility index (Phi) is 5.70. The summed E-state index contributed by atoms with van der Waals surface area (Å²) in [6, 6.07) is 0. The summed E-state index contributed by atoms with van der Waals surface area (Å²) < 4.78 is 60.9. The molecule has 12 heteroatoms. The third kappa shape index (κ3) is 3.66. The zero-order valence-electron chi connectivity index (χ0n) is 15.0. The monoisotopic (exact) mass is 407 g/mol. The van der Waals surface area contributed by atoms with Crippen LogP contribution in [-0.2, 0) is 25.0 Å². The number of aryl methyl sites for hydroxylation is 2. The second kappa shape index (κ2) is 7.52. The van der Waals surface area contributed by atoms with Gasteiger partial charge in [0.25, 0.3) is 10.2 Å². The van der Waals surface area contributed by atoms with E-state index in [-0.39, 0.29) is 24.5 Å². The van der Waals surface area contributed by atoms with Crippen molar-refractivity contribution in [1.29, 1.82) is 0 Å². The van der Waals surface area contributed by atoms with E-state index in [9.17, 15) is 16.8 Å². The summed E-state index contributed by atoms with van der Waals surface area (Å²) in [4.78, 5) is 0.182. The van der Waals surface area contributed by atoms with E-state index in [1.54, 1.807) is 13.8 Å². The smallest absolute Gasteiger partial charge is 0.282 e. The third-order valence-electron chi connectivity index (χ3n) is 4.69. The molecule has 10 nitrogen and oxygen atoms in total. The number of hydrogen-bond donors (Lipinski definition) is 1. The van der Waals surface area contributed by atoms with Crippen LogP contribution in [0, 0.1) is 13.8 Å². The summed E-state index contributed by atoms with van der Waals surface area (Å²) in [5.41, 5.74) is 0.911. The molecule has 0 radical (unpaired) electrons. The topological polar surface area (TPSA) is 116 Å². The van der Waals surface area contributed by atoms with Crippen LogP contribution in [0.1, 0.15) is 17.8 Å². The van der Waals surface area contributed by atoms with Gasteiger partial charge in [0.2, 0.25) is 10.0 Å². The number of hydrogen-bond acceptors (Lipinski definition) is 6. The Morgan fingerprint density at radius 2 is 1.46 bits per heavy atom. The molecule has 0 saturated carbocycles. The SMILES string of the molecule is Cc1n[nH]c(C)c1S(=O)(=O)N1CCCN(S(=O)(=O)N2CCOCC2)CC1. The van der Waals surface area contributed by atoms with Crippen LogP contribution < -0.4 is 0 Å². The molecule has 148 valence electrons. The molecule has 2 fully saturated rings. The first-order valence-corrected chi connectivity index (χ1v) is 11.4. The molecule has 0 amide bonds. The summed E-state index contributed by atoms with van der Waals surface area (Å²) in [6.07, 6.45) is 0.443. The van der Waals surface area contributed by atoms with E-state index in [4.69, 9.17) is 4.74 Å². The van der Waals surface area contributed by atoms with Crippen molar-refractivity contribution in [3.05, 3.63) is 11.4 Å². The third-order valence-corrected chi connectivity index (χ3v) is 8.89. The predicted molar refractivity (Wildman–Crippen MR) is 94.3 cm³/mol. The molecule has 1 aromatic rings. The van der Waals surface area contributed by atoms with Crippen LogP contribution in [0.2, 0.25) is 0 Å². The fourth-order valence-electron chi connectivity index (χ4n) is 3.33. The lowest BCUT2D eigenvalue weighted by Crippen LogP contribution is -2.49. The zero-order valence-corrected chi connectivity index (χ0v) is 16.6. The highest BCUT2D eigenvalue weighted by Crippen LogP contribution is 2.23. The average Bonchev–Trinajstić information content (AvgIpc) is 2.82. The largest absolute Gasteiger partial charge is 0.379 e. The molecule has 1 N–H and O–H groups in total. The maximum Gasteiger partial charge on any atom is 0.282 e. The van der Waals surface area contributed by atoms with E-state index >= 15 is 0 Å². The summed E-state index contributed by atoms with van der Waals surface area (Å²) in [6.45, 7) is 5.56. The summed E-state index contributed by atoms with van der Waals surface area (Å²) >= 11 is 0. The first-order valence-electron chi connectivity index (χ1n) is 8.59. The van der Waals surface area contributed by atoms with Crippen molar-refractivity contribution in [2.75, 3.05) is 52.5 Å². The van der Waals surface area contributed by atoms with Crippen LogP contribution in [0.5, 0.6) is 0 Å². The lowest BCUT2D eigenvalue weighted by atomic mass is 10.4. The molecule has 2 aliphatic heterocycles. The van der Waals surface area contributed by atoms with Crippen molar-refractivity contribution in [2.24, 2.45) is 0 Å². The highest BCUT2D eigenvalue weighted by Gasteiger charge is 2.36. The van der Waals surface area contributed by atoms with Crippen LogP contribution in [-0.4, -0.2) is 92.4 Å². The summed E-state index contributed by atoms with van der Waals surface area (Å²) in [5, 5.41) is 6.65. The highest BCUT2D eigenvalue weighted by atomic mass is 32.2. The molecule has 0 atom stereocenters. The molecule has 26 heavy (non-hydrogen) atoms. The fourth-order valence-corrected chi connectivity index (χ4v) is 6.74. The van der Waals surface area contributed by atoms with Gasteiger partial charge in [0.15, 0.2) is 0 Å². The van der Waals surface area contributed by atoms with E-state index in [1.165, 1.54) is 12.9 Å². The van der Waals surface area contributed by atoms with Crippen molar-refractivity contribution >= 4 is 20.2 Å². The lowest BCUT2D eigenvalue weighted by Gasteiger charge is -2.31. The van der Waals surface area contributed by atoms with Crippen LogP contribution in [0.3, 0.4) is 0 Å². The van der Waals surface area contributed by atoms with Crippen molar-refractivity contribution in [3.63, 3.8) is 0 Å². The minimum absolute atomic E-state index is 0.121. The maximum atomic E-state index is 13.0. The Bertz CT molecular complexity index is 826. The standard InChI is InChI=1S/C14H25N5O5S2/c1-12-14(13(2)16-15-12)25(20,21)17-4-3-5-18(7-6-17)26(22,23)19-8-10-24-11-9-19/h3-11H2,1-2H3,(H,15,16). The number of nitrogens with zero attached hydrogens (tertiary/aromatic N) is 4. The highest BCUT2D eigenvalue weighted by molar-refractivity contribution is 7.89. The number of rotatable bonds is 4. The van der Waals surface area contributed by atoms with Gasteiger partial charge >= 0.3 is 0 Å². The number of sulfonamides is 1. The van der Waals surface area contributed by atoms with Crippen LogP contribution >= 0.6 is 0 Å². The summed E-state index contributed by atoms with van der Waals surface area (Å²) in [5.74, 6) is 0. The molecule has 3 heterocycles. The van der Waals surface area contributed by atoms with Crippen molar-refractivity contribution in [1.82, 2.24) is 23.1 Å². The van der Waals surface area contributed by atoms with E-state index in [0.29, 0.717) is 50.7 Å². The van der Waals surface area contributed by atoms with E-state index < -0.39 is 20.2 Å². The van der Waals surface area contributed by atoms with Crippen LogP contribution in [0.25, 0.3) is 0 Å². The first kappa shape index (κ1) is 19.7. The molecular formula is C14H25N5O5S2. The Hall–Kier alpha value is -1.05. The van der Waals surface area contributed by atoms with Gasteiger partial charge in [0, 0.05) is 39.3 Å². The van der Waals surface area contributed by atoms with Gasteiger partial charge in [0.1, 0.15) is 4.90 Å². The van der Waals surface area contributed by atoms with Crippen molar-refractivity contribution in [3.8, 4) is 0 Å². The quantitative estimate of drug-likeness (QED) is 0.706. The Morgan fingerprint density at radius 1 is 0.885 bits per heavy atom. The second-order valence-corrected chi connectivity index (χ2v) is 10.2. The van der Waals surface area contributed by atoms with Crippen molar-refractivity contribution < 1.29 is 21.6 Å². The first-order chi connectivity index (χ1) is 12.2. The molecular weight excluding hydrogens is 382 g/mol. The predicted octanol–water partition coefficient (Wildman–Crippen LogP) is -0.700. The molecule has 0 bridgehead atoms. The molecule has 0 aromatic carbocycles. The molecule has 3 rings (SSSR count). The van der Waals surface area contributed by atoms with Crippen LogP contribution in [0.4, 0.5) is 0 Å². The van der Waals surface area contributed by atoms with Gasteiger partial charge in [-0.1, -0.05) is 0 Å². The number of nitrogens with one attached hydrogen (secondary N) is 1.